The van der Waals surface area contributed by atoms with Crippen LogP contribution in [-0.2, 0) is 6.42 Å². The second-order valence-electron chi connectivity index (χ2n) is 5.81. The standard InChI is InChI=1S/C17H21BrN4O.ClH/c18-14-5-3-13(4-6-14)7-10-20-17(23)16-8-11-22(21-16)15-2-1-9-19-12-15;/h3-6,8,11,15,19H,1-2,7,9-10,12H2,(H,20,23);1H. The lowest BCUT2D eigenvalue weighted by Crippen LogP contribution is -2.32. The Balaban J connectivity index is 0.00000208. The van der Waals surface area contributed by atoms with E-state index in [1.54, 1.807) is 6.07 Å². The van der Waals surface area contributed by atoms with Gasteiger partial charge in [-0.15, -0.1) is 12.4 Å². The molecule has 0 bridgehead atoms. The molecule has 1 amide bonds. The van der Waals surface area contributed by atoms with Crippen LogP contribution in [0, 0.1) is 0 Å². The van der Waals surface area contributed by atoms with Crippen molar-refractivity contribution in [3.05, 3.63) is 52.3 Å². The third-order valence-electron chi connectivity index (χ3n) is 4.10. The van der Waals surface area contributed by atoms with Crippen LogP contribution in [0.3, 0.4) is 0 Å². The maximum Gasteiger partial charge on any atom is 0.271 e. The molecular formula is C17H22BrClN4O. The molecule has 0 aliphatic carbocycles. The number of piperidine rings is 1. The summed E-state index contributed by atoms with van der Waals surface area (Å²) in [6.07, 6.45) is 4.98. The number of halogens is 2. The molecule has 24 heavy (non-hydrogen) atoms. The predicted molar refractivity (Wildman–Crippen MR) is 101 cm³/mol. The van der Waals surface area contributed by atoms with E-state index in [1.165, 1.54) is 5.56 Å². The number of hydrogen-bond acceptors (Lipinski definition) is 3. The Bertz CT molecular complexity index is 653. The highest BCUT2D eigenvalue weighted by Gasteiger charge is 2.17. The van der Waals surface area contributed by atoms with E-state index in [4.69, 9.17) is 0 Å². The average Bonchev–Trinajstić information content (AvgIpc) is 3.07. The Labute approximate surface area is 156 Å². The second kappa shape index (κ2) is 9.20. The van der Waals surface area contributed by atoms with E-state index in [0.717, 1.165) is 36.8 Å². The van der Waals surface area contributed by atoms with Crippen molar-refractivity contribution < 1.29 is 4.79 Å². The van der Waals surface area contributed by atoms with Crippen molar-refractivity contribution in [2.45, 2.75) is 25.3 Å². The van der Waals surface area contributed by atoms with Gasteiger partial charge in [-0.25, -0.2) is 0 Å². The highest BCUT2D eigenvalue weighted by atomic mass is 79.9. The third kappa shape index (κ3) is 5.06. The number of benzene rings is 1. The molecule has 1 unspecified atom stereocenters. The fourth-order valence-corrected chi connectivity index (χ4v) is 3.05. The highest BCUT2D eigenvalue weighted by molar-refractivity contribution is 9.10. The van der Waals surface area contributed by atoms with Crippen molar-refractivity contribution in [2.75, 3.05) is 19.6 Å². The first-order valence-corrected chi connectivity index (χ1v) is 8.80. The fourth-order valence-electron chi connectivity index (χ4n) is 2.78. The molecule has 1 aromatic heterocycles. The Hall–Kier alpha value is -1.37. The Kier molecular flexibility index (Phi) is 7.27. The number of carbonyl (C=O) groups is 1. The largest absolute Gasteiger partial charge is 0.350 e. The quantitative estimate of drug-likeness (QED) is 0.792. The van der Waals surface area contributed by atoms with Gasteiger partial charge in [0.1, 0.15) is 5.69 Å². The lowest BCUT2D eigenvalue weighted by molar-refractivity contribution is 0.0948. The number of nitrogens with one attached hydrogen (secondary N) is 2. The molecule has 0 radical (unpaired) electrons. The van der Waals surface area contributed by atoms with Gasteiger partial charge in [-0.3, -0.25) is 9.48 Å². The molecule has 3 rings (SSSR count). The minimum Gasteiger partial charge on any atom is -0.350 e. The summed E-state index contributed by atoms with van der Waals surface area (Å²) in [6, 6.07) is 10.3. The Morgan fingerprint density at radius 3 is 2.83 bits per heavy atom. The van der Waals surface area contributed by atoms with Crippen LogP contribution in [0.5, 0.6) is 0 Å². The van der Waals surface area contributed by atoms with Crippen molar-refractivity contribution in [1.82, 2.24) is 20.4 Å². The van der Waals surface area contributed by atoms with E-state index in [-0.39, 0.29) is 18.3 Å². The average molecular weight is 414 g/mol. The lowest BCUT2D eigenvalue weighted by atomic mass is 10.1. The zero-order valence-electron chi connectivity index (χ0n) is 13.4. The molecule has 5 nitrogen and oxygen atoms in total. The topological polar surface area (TPSA) is 59.0 Å². The molecule has 130 valence electrons. The summed E-state index contributed by atoms with van der Waals surface area (Å²) >= 11 is 3.42. The van der Waals surface area contributed by atoms with Gasteiger partial charge in [0.15, 0.2) is 0 Å². The van der Waals surface area contributed by atoms with Crippen molar-refractivity contribution in [3.8, 4) is 0 Å². The van der Waals surface area contributed by atoms with E-state index in [9.17, 15) is 4.79 Å². The Morgan fingerprint density at radius 1 is 1.33 bits per heavy atom. The molecule has 1 aromatic carbocycles. The van der Waals surface area contributed by atoms with Gasteiger partial charge in [0.05, 0.1) is 6.04 Å². The number of carbonyl (C=O) groups excluding carboxylic acids is 1. The monoisotopic (exact) mass is 412 g/mol. The molecule has 2 N–H and O–H groups in total. The number of rotatable bonds is 5. The number of hydrogen-bond donors (Lipinski definition) is 2. The first-order valence-electron chi connectivity index (χ1n) is 8.01. The summed E-state index contributed by atoms with van der Waals surface area (Å²) in [5.74, 6) is -0.107. The fraction of sp³-hybridized carbons (Fsp3) is 0.412. The van der Waals surface area contributed by atoms with Gasteiger partial charge in [-0.05, 0) is 49.6 Å². The van der Waals surface area contributed by atoms with Crippen LogP contribution in [0.4, 0.5) is 0 Å². The zero-order chi connectivity index (χ0) is 16.1. The van der Waals surface area contributed by atoms with Crippen LogP contribution in [0.15, 0.2) is 41.0 Å². The van der Waals surface area contributed by atoms with Crippen molar-refractivity contribution in [1.29, 1.82) is 0 Å². The molecule has 2 heterocycles. The predicted octanol–water partition coefficient (Wildman–Crippen LogP) is 2.96. The van der Waals surface area contributed by atoms with Gasteiger partial charge < -0.3 is 10.6 Å². The molecule has 1 aliphatic rings. The van der Waals surface area contributed by atoms with Crippen LogP contribution < -0.4 is 10.6 Å². The van der Waals surface area contributed by atoms with Gasteiger partial charge in [-0.2, -0.15) is 5.10 Å². The SMILES string of the molecule is Cl.O=C(NCCc1ccc(Br)cc1)c1ccn(C2CCCNC2)n1. The minimum atomic E-state index is -0.107. The van der Waals surface area contributed by atoms with Crippen molar-refractivity contribution >= 4 is 34.2 Å². The molecule has 1 fully saturated rings. The van der Waals surface area contributed by atoms with Gasteiger partial charge >= 0.3 is 0 Å². The van der Waals surface area contributed by atoms with Crippen LogP contribution in [0.1, 0.15) is 34.9 Å². The van der Waals surface area contributed by atoms with Crippen LogP contribution >= 0.6 is 28.3 Å². The highest BCUT2D eigenvalue weighted by Crippen LogP contribution is 2.15. The summed E-state index contributed by atoms with van der Waals surface area (Å²) in [5.41, 5.74) is 1.69. The maximum atomic E-state index is 12.2. The van der Waals surface area contributed by atoms with E-state index in [1.807, 2.05) is 23.0 Å². The van der Waals surface area contributed by atoms with E-state index in [0.29, 0.717) is 18.3 Å². The lowest BCUT2D eigenvalue weighted by Gasteiger charge is -2.22. The summed E-state index contributed by atoms with van der Waals surface area (Å²) < 4.78 is 2.98. The molecule has 1 saturated heterocycles. The zero-order valence-corrected chi connectivity index (χ0v) is 15.8. The molecule has 7 heteroatoms. The third-order valence-corrected chi connectivity index (χ3v) is 4.63. The van der Waals surface area contributed by atoms with Crippen molar-refractivity contribution in [3.63, 3.8) is 0 Å². The number of amides is 1. The summed E-state index contributed by atoms with van der Waals surface area (Å²) in [6.45, 7) is 2.60. The minimum absolute atomic E-state index is 0. The molecular weight excluding hydrogens is 392 g/mol. The molecule has 0 saturated carbocycles. The first-order chi connectivity index (χ1) is 11.2. The molecule has 1 atom stereocenters. The smallest absolute Gasteiger partial charge is 0.271 e. The van der Waals surface area contributed by atoms with Crippen LogP contribution in [0.2, 0.25) is 0 Å². The van der Waals surface area contributed by atoms with Gasteiger partial charge in [0.25, 0.3) is 5.91 Å². The van der Waals surface area contributed by atoms with Gasteiger partial charge in [-0.1, -0.05) is 28.1 Å². The summed E-state index contributed by atoms with van der Waals surface area (Å²) in [5, 5.41) is 10.7. The normalized spacial score (nSPS) is 17.1. The maximum absolute atomic E-state index is 12.2. The van der Waals surface area contributed by atoms with Crippen LogP contribution in [-0.4, -0.2) is 35.3 Å². The van der Waals surface area contributed by atoms with Gasteiger partial charge in [0, 0.05) is 23.8 Å². The molecule has 0 spiro atoms. The summed E-state index contributed by atoms with van der Waals surface area (Å²) in [7, 11) is 0. The Morgan fingerprint density at radius 2 is 2.12 bits per heavy atom. The van der Waals surface area contributed by atoms with E-state index in [2.05, 4.69) is 43.8 Å². The van der Waals surface area contributed by atoms with Crippen molar-refractivity contribution in [2.24, 2.45) is 0 Å². The molecule has 1 aliphatic heterocycles. The molecule has 2 aromatic rings. The second-order valence-corrected chi connectivity index (χ2v) is 6.73. The number of nitrogens with zero attached hydrogens (tertiary/aromatic N) is 2. The van der Waals surface area contributed by atoms with Crippen LogP contribution in [0.25, 0.3) is 0 Å². The first kappa shape index (κ1) is 19.0. The van der Waals surface area contributed by atoms with E-state index < -0.39 is 0 Å². The van der Waals surface area contributed by atoms with Gasteiger partial charge in [0.2, 0.25) is 0 Å². The number of aromatic nitrogens is 2. The summed E-state index contributed by atoms with van der Waals surface area (Å²) in [4.78, 5) is 12.2. The van der Waals surface area contributed by atoms with E-state index >= 15 is 0 Å².